The minimum absolute atomic E-state index is 0.00869. The molecule has 0 saturated heterocycles. The van der Waals surface area contributed by atoms with Crippen molar-refractivity contribution in [3.05, 3.63) is 65.0 Å². The molecule has 5 nitrogen and oxygen atoms in total. The van der Waals surface area contributed by atoms with E-state index in [0.29, 0.717) is 5.56 Å². The molecule has 0 saturated carbocycles. The Hall–Kier alpha value is -2.89. The monoisotopic (exact) mass is 331 g/mol. The number of phenolic OH excluding ortho intramolecular Hbond substituents is 1. The van der Waals surface area contributed by atoms with Gasteiger partial charge in [0.25, 0.3) is 5.91 Å². The quantitative estimate of drug-likeness (QED) is 0.826. The number of halogens is 1. The van der Waals surface area contributed by atoms with Crippen LogP contribution in [0.5, 0.6) is 5.75 Å². The number of nitrogens with one attached hydrogen (secondary N) is 1. The lowest BCUT2D eigenvalue weighted by atomic mass is 10.1. The highest BCUT2D eigenvalue weighted by Gasteiger charge is 2.16. The van der Waals surface area contributed by atoms with Crippen LogP contribution in [0.3, 0.4) is 0 Å². The fraction of sp³-hybridized carbons (Fsp3) is 0.222. The minimum Gasteiger partial charge on any atom is -0.507 e. The number of carbonyl (C=O) groups excluding carboxylic acids is 2. The van der Waals surface area contributed by atoms with E-state index < -0.39 is 18.5 Å². The van der Waals surface area contributed by atoms with Crippen molar-refractivity contribution in [3.8, 4) is 5.75 Å². The summed E-state index contributed by atoms with van der Waals surface area (Å²) in [6.45, 7) is 2.92. The molecule has 0 heterocycles. The lowest BCUT2D eigenvalue weighted by Gasteiger charge is -2.14. The van der Waals surface area contributed by atoms with Crippen LogP contribution in [0.25, 0.3) is 0 Å². The third-order valence-electron chi connectivity index (χ3n) is 3.54. The molecule has 0 aromatic heterocycles. The second-order valence-electron chi connectivity index (χ2n) is 5.39. The number of hydrogen-bond acceptors (Lipinski definition) is 4. The average molecular weight is 331 g/mol. The van der Waals surface area contributed by atoms with E-state index in [0.717, 1.165) is 5.56 Å². The summed E-state index contributed by atoms with van der Waals surface area (Å²) in [5.74, 6) is -1.79. The lowest BCUT2D eigenvalue weighted by Crippen LogP contribution is -2.31. The van der Waals surface area contributed by atoms with Crippen molar-refractivity contribution in [3.63, 3.8) is 0 Å². The molecule has 2 aromatic rings. The molecular formula is C18H18FNO4. The van der Waals surface area contributed by atoms with Gasteiger partial charge in [-0.3, -0.25) is 4.79 Å². The largest absolute Gasteiger partial charge is 0.507 e. The van der Waals surface area contributed by atoms with Gasteiger partial charge >= 0.3 is 5.97 Å². The van der Waals surface area contributed by atoms with E-state index in [1.54, 1.807) is 38.1 Å². The van der Waals surface area contributed by atoms with E-state index in [9.17, 15) is 19.1 Å². The van der Waals surface area contributed by atoms with Gasteiger partial charge < -0.3 is 15.2 Å². The molecule has 126 valence electrons. The van der Waals surface area contributed by atoms with Crippen LogP contribution < -0.4 is 5.32 Å². The number of benzene rings is 2. The highest BCUT2D eigenvalue weighted by atomic mass is 19.1. The first-order valence-corrected chi connectivity index (χ1v) is 7.39. The van der Waals surface area contributed by atoms with Crippen LogP contribution in [-0.2, 0) is 9.53 Å². The standard InChI is InChI=1S/C18H18FNO4/c1-11-4-3-5-15(17(11)22)18(23)24-10-16(21)20-12(2)13-6-8-14(19)9-7-13/h3-9,12,22H,10H2,1-2H3,(H,20,21)/t12-/m1/s1. The van der Waals surface area contributed by atoms with E-state index in [-0.39, 0.29) is 23.2 Å². The van der Waals surface area contributed by atoms with E-state index in [1.165, 1.54) is 18.2 Å². The second kappa shape index (κ2) is 7.59. The summed E-state index contributed by atoms with van der Waals surface area (Å²) in [7, 11) is 0. The van der Waals surface area contributed by atoms with E-state index >= 15 is 0 Å². The molecular weight excluding hydrogens is 313 g/mol. The molecule has 2 rings (SSSR count). The number of phenols is 1. The molecule has 0 fully saturated rings. The van der Waals surface area contributed by atoms with Crippen LogP contribution in [-0.4, -0.2) is 23.6 Å². The smallest absolute Gasteiger partial charge is 0.342 e. The molecule has 2 N–H and O–H groups in total. The summed E-state index contributed by atoms with van der Waals surface area (Å²) in [4.78, 5) is 23.8. The number of aromatic hydroxyl groups is 1. The van der Waals surface area contributed by atoms with Crippen molar-refractivity contribution in [2.45, 2.75) is 19.9 Å². The Kier molecular flexibility index (Phi) is 5.52. The molecule has 24 heavy (non-hydrogen) atoms. The molecule has 1 amide bonds. The number of para-hydroxylation sites is 1. The summed E-state index contributed by atoms with van der Waals surface area (Å²) in [6.07, 6.45) is 0. The third kappa shape index (κ3) is 4.32. The number of esters is 1. The molecule has 0 aliphatic heterocycles. The van der Waals surface area contributed by atoms with Crippen LogP contribution in [0.2, 0.25) is 0 Å². The molecule has 0 spiro atoms. The van der Waals surface area contributed by atoms with Gasteiger partial charge in [0.1, 0.15) is 17.1 Å². The third-order valence-corrected chi connectivity index (χ3v) is 3.54. The van der Waals surface area contributed by atoms with Crippen LogP contribution in [0, 0.1) is 12.7 Å². The fourth-order valence-corrected chi connectivity index (χ4v) is 2.15. The average Bonchev–Trinajstić information content (AvgIpc) is 2.55. The molecule has 0 aliphatic carbocycles. The Morgan fingerprint density at radius 3 is 2.54 bits per heavy atom. The van der Waals surface area contributed by atoms with Crippen LogP contribution in [0.15, 0.2) is 42.5 Å². The molecule has 2 aromatic carbocycles. The van der Waals surface area contributed by atoms with Gasteiger partial charge in [-0.25, -0.2) is 9.18 Å². The first kappa shape index (κ1) is 17.5. The predicted molar refractivity (Wildman–Crippen MR) is 86.1 cm³/mol. The predicted octanol–water partition coefficient (Wildman–Crippen LogP) is 2.87. The normalized spacial score (nSPS) is 11.6. The van der Waals surface area contributed by atoms with E-state index in [1.807, 2.05) is 0 Å². The summed E-state index contributed by atoms with van der Waals surface area (Å²) in [5, 5.41) is 12.5. The van der Waals surface area contributed by atoms with Crippen molar-refractivity contribution in [1.29, 1.82) is 0 Å². The number of rotatable bonds is 5. The van der Waals surface area contributed by atoms with E-state index in [2.05, 4.69) is 5.32 Å². The summed E-state index contributed by atoms with van der Waals surface area (Å²) >= 11 is 0. The van der Waals surface area contributed by atoms with Gasteiger partial charge in [-0.1, -0.05) is 24.3 Å². The summed E-state index contributed by atoms with van der Waals surface area (Å²) < 4.78 is 17.8. The summed E-state index contributed by atoms with van der Waals surface area (Å²) in [5.41, 5.74) is 1.28. The maximum atomic E-state index is 12.9. The molecule has 0 aliphatic rings. The Labute approximate surface area is 139 Å². The van der Waals surface area contributed by atoms with Crippen LogP contribution >= 0.6 is 0 Å². The molecule has 1 atom stereocenters. The lowest BCUT2D eigenvalue weighted by molar-refractivity contribution is -0.124. The first-order valence-electron chi connectivity index (χ1n) is 7.39. The van der Waals surface area contributed by atoms with Crippen LogP contribution in [0.4, 0.5) is 4.39 Å². The van der Waals surface area contributed by atoms with E-state index in [4.69, 9.17) is 4.74 Å². The Balaban J connectivity index is 1.89. The zero-order chi connectivity index (χ0) is 17.7. The Bertz CT molecular complexity index is 743. The summed E-state index contributed by atoms with van der Waals surface area (Å²) in [6, 6.07) is 10.1. The zero-order valence-corrected chi connectivity index (χ0v) is 13.4. The number of aryl methyl sites for hydroxylation is 1. The molecule has 6 heteroatoms. The highest BCUT2D eigenvalue weighted by Crippen LogP contribution is 2.22. The van der Waals surface area contributed by atoms with Gasteiger partial charge in [-0.2, -0.15) is 0 Å². The number of amides is 1. The highest BCUT2D eigenvalue weighted by molar-refractivity contribution is 5.94. The minimum atomic E-state index is -0.777. The second-order valence-corrected chi connectivity index (χ2v) is 5.39. The first-order chi connectivity index (χ1) is 11.4. The van der Waals surface area contributed by atoms with Gasteiger partial charge in [0.2, 0.25) is 0 Å². The molecule has 0 bridgehead atoms. The van der Waals surface area contributed by atoms with Gasteiger partial charge in [0.05, 0.1) is 6.04 Å². The molecule has 0 unspecified atom stereocenters. The Morgan fingerprint density at radius 2 is 1.88 bits per heavy atom. The molecule has 0 radical (unpaired) electrons. The van der Waals surface area contributed by atoms with Crippen molar-refractivity contribution in [2.75, 3.05) is 6.61 Å². The van der Waals surface area contributed by atoms with Gasteiger partial charge in [0, 0.05) is 0 Å². The number of ether oxygens (including phenoxy) is 1. The maximum absolute atomic E-state index is 12.9. The van der Waals surface area contributed by atoms with Crippen LogP contribution in [0.1, 0.15) is 34.5 Å². The number of hydrogen-bond donors (Lipinski definition) is 2. The Morgan fingerprint density at radius 1 is 1.21 bits per heavy atom. The SMILES string of the molecule is Cc1cccc(C(=O)OCC(=O)N[C@H](C)c2ccc(F)cc2)c1O. The van der Waals surface area contributed by atoms with Gasteiger partial charge in [-0.05, 0) is 43.2 Å². The van der Waals surface area contributed by atoms with Crippen molar-refractivity contribution in [2.24, 2.45) is 0 Å². The van der Waals surface area contributed by atoms with Crippen molar-refractivity contribution >= 4 is 11.9 Å². The van der Waals surface area contributed by atoms with Gasteiger partial charge in [0.15, 0.2) is 6.61 Å². The van der Waals surface area contributed by atoms with Crippen molar-refractivity contribution in [1.82, 2.24) is 5.32 Å². The maximum Gasteiger partial charge on any atom is 0.342 e. The number of carbonyl (C=O) groups is 2. The van der Waals surface area contributed by atoms with Crippen molar-refractivity contribution < 1.29 is 23.8 Å². The fourth-order valence-electron chi connectivity index (χ4n) is 2.15. The zero-order valence-electron chi connectivity index (χ0n) is 13.4. The topological polar surface area (TPSA) is 75.6 Å². The van der Waals surface area contributed by atoms with Gasteiger partial charge in [-0.15, -0.1) is 0 Å².